The van der Waals surface area contributed by atoms with Crippen LogP contribution in [0.25, 0.3) is 11.4 Å². The van der Waals surface area contributed by atoms with Crippen LogP contribution in [0.1, 0.15) is 5.01 Å². The van der Waals surface area contributed by atoms with Gasteiger partial charge in [0, 0.05) is 10.7 Å². The van der Waals surface area contributed by atoms with Gasteiger partial charge < -0.3 is 15.6 Å². The third-order valence-electron chi connectivity index (χ3n) is 3.68. The molecule has 1 aliphatic rings. The topological polar surface area (TPSA) is 81.3 Å². The minimum absolute atomic E-state index is 0.0509. The molecular formula is C17H14ClF2N3O2S. The molecule has 2 unspecified atom stereocenters. The van der Waals surface area contributed by atoms with E-state index in [-0.39, 0.29) is 23.8 Å². The molecule has 3 rings (SSSR count). The molecule has 1 aromatic carbocycles. The fourth-order valence-electron chi connectivity index (χ4n) is 2.40. The molecule has 0 bridgehead atoms. The lowest BCUT2D eigenvalue weighted by Gasteiger charge is -2.22. The summed E-state index contributed by atoms with van der Waals surface area (Å²) in [6.07, 6.45) is 0.797. The van der Waals surface area contributed by atoms with E-state index in [0.717, 1.165) is 11.5 Å². The van der Waals surface area contributed by atoms with Crippen LogP contribution in [0.5, 0.6) is 5.75 Å². The fourth-order valence-corrected chi connectivity index (χ4v) is 3.14. The lowest BCUT2D eigenvalue weighted by Crippen LogP contribution is -2.25. The summed E-state index contributed by atoms with van der Waals surface area (Å²) in [6.45, 7) is 3.33. The molecule has 0 aliphatic heterocycles. The Bertz CT molecular complexity index is 913. The van der Waals surface area contributed by atoms with Crippen molar-refractivity contribution in [1.82, 2.24) is 9.36 Å². The van der Waals surface area contributed by atoms with Gasteiger partial charge in [-0.05, 0) is 41.9 Å². The number of phenolic OH excluding ortho intramolecular Hbond substituents is 1. The predicted molar refractivity (Wildman–Crippen MR) is 95.8 cm³/mol. The average molecular weight is 398 g/mol. The van der Waals surface area contributed by atoms with Crippen LogP contribution in [0, 0.1) is 5.92 Å². The van der Waals surface area contributed by atoms with Crippen LogP contribution in [0.3, 0.4) is 0 Å². The number of phenols is 1. The van der Waals surface area contributed by atoms with Crippen molar-refractivity contribution in [2.24, 2.45) is 11.7 Å². The smallest absolute Gasteiger partial charge is 0.176 e. The molecule has 26 heavy (non-hydrogen) atoms. The molecule has 0 spiro atoms. The summed E-state index contributed by atoms with van der Waals surface area (Å²) < 4.78 is 37.6. The molecule has 1 heterocycles. The van der Waals surface area contributed by atoms with Crippen molar-refractivity contribution >= 4 is 23.1 Å². The average Bonchev–Trinajstić information content (AvgIpc) is 3.02. The SMILES string of the molecule is C=C(N)C1C(F)=C(OCc2nc(-c3ccc(Cl)cc3O)ns2)C=CC1F. The molecule has 0 saturated heterocycles. The Morgan fingerprint density at radius 3 is 2.92 bits per heavy atom. The number of nitrogens with zero attached hydrogens (tertiary/aromatic N) is 2. The Kier molecular flexibility index (Phi) is 5.24. The van der Waals surface area contributed by atoms with Gasteiger partial charge in [-0.15, -0.1) is 0 Å². The van der Waals surface area contributed by atoms with Gasteiger partial charge in [0.2, 0.25) is 0 Å². The molecule has 0 fully saturated rings. The van der Waals surface area contributed by atoms with Crippen LogP contribution in [0.15, 0.2) is 54.2 Å². The summed E-state index contributed by atoms with van der Waals surface area (Å²) in [6, 6.07) is 4.58. The second-order valence-corrected chi connectivity index (χ2v) is 6.80. The van der Waals surface area contributed by atoms with Crippen LogP contribution in [0.4, 0.5) is 8.78 Å². The maximum atomic E-state index is 14.3. The normalized spacial score (nSPS) is 19.7. The zero-order chi connectivity index (χ0) is 18.8. The van der Waals surface area contributed by atoms with Crippen molar-refractivity contribution in [3.8, 4) is 17.1 Å². The number of rotatable bonds is 5. The second-order valence-electron chi connectivity index (χ2n) is 5.53. The van der Waals surface area contributed by atoms with Crippen LogP contribution >= 0.6 is 23.1 Å². The molecule has 1 aliphatic carbocycles. The zero-order valence-electron chi connectivity index (χ0n) is 13.3. The van der Waals surface area contributed by atoms with Gasteiger partial charge in [0.1, 0.15) is 18.5 Å². The van der Waals surface area contributed by atoms with E-state index in [0.29, 0.717) is 21.4 Å². The molecule has 2 atom stereocenters. The van der Waals surface area contributed by atoms with Crippen molar-refractivity contribution in [1.29, 1.82) is 0 Å². The molecule has 0 saturated carbocycles. The van der Waals surface area contributed by atoms with Crippen molar-refractivity contribution in [2.45, 2.75) is 12.8 Å². The van der Waals surface area contributed by atoms with E-state index in [2.05, 4.69) is 15.9 Å². The van der Waals surface area contributed by atoms with Gasteiger partial charge in [-0.1, -0.05) is 18.2 Å². The second kappa shape index (κ2) is 7.43. The quantitative estimate of drug-likeness (QED) is 0.787. The molecule has 136 valence electrons. The first kappa shape index (κ1) is 18.3. The Balaban J connectivity index is 1.74. The molecular weight excluding hydrogens is 384 g/mol. The maximum absolute atomic E-state index is 14.3. The Morgan fingerprint density at radius 2 is 2.23 bits per heavy atom. The van der Waals surface area contributed by atoms with E-state index in [1.807, 2.05) is 0 Å². The van der Waals surface area contributed by atoms with Gasteiger partial charge in [0.25, 0.3) is 0 Å². The highest BCUT2D eigenvalue weighted by Gasteiger charge is 2.31. The summed E-state index contributed by atoms with van der Waals surface area (Å²) in [5, 5.41) is 10.8. The third-order valence-corrected chi connectivity index (χ3v) is 4.60. The minimum atomic E-state index is -1.58. The Labute approximate surface area is 157 Å². The largest absolute Gasteiger partial charge is 0.507 e. The van der Waals surface area contributed by atoms with E-state index in [9.17, 15) is 13.9 Å². The molecule has 5 nitrogen and oxygen atoms in total. The molecule has 3 N–H and O–H groups in total. The van der Waals surface area contributed by atoms with Crippen molar-refractivity contribution < 1.29 is 18.6 Å². The van der Waals surface area contributed by atoms with Crippen LogP contribution < -0.4 is 5.73 Å². The molecule has 0 radical (unpaired) electrons. The van der Waals surface area contributed by atoms with Crippen LogP contribution in [0.2, 0.25) is 5.02 Å². The Hall–Kier alpha value is -2.45. The first-order valence-electron chi connectivity index (χ1n) is 7.47. The lowest BCUT2D eigenvalue weighted by atomic mass is 9.94. The number of nitrogens with two attached hydrogens (primary N) is 1. The number of hydrogen-bond acceptors (Lipinski definition) is 6. The van der Waals surface area contributed by atoms with Gasteiger partial charge >= 0.3 is 0 Å². The number of ether oxygens (including phenoxy) is 1. The number of benzene rings is 1. The highest BCUT2D eigenvalue weighted by Crippen LogP contribution is 2.33. The number of halogens is 3. The van der Waals surface area contributed by atoms with Crippen LogP contribution in [-0.4, -0.2) is 20.6 Å². The number of allylic oxidation sites excluding steroid dienone is 3. The zero-order valence-corrected chi connectivity index (χ0v) is 14.9. The summed E-state index contributed by atoms with van der Waals surface area (Å²) in [5.41, 5.74) is 5.76. The van der Waals surface area contributed by atoms with E-state index in [1.165, 1.54) is 18.2 Å². The summed E-state index contributed by atoms with van der Waals surface area (Å²) in [4.78, 5) is 4.24. The summed E-state index contributed by atoms with van der Waals surface area (Å²) in [5.74, 6) is -1.95. The van der Waals surface area contributed by atoms with Crippen molar-refractivity contribution in [2.75, 3.05) is 0 Å². The Morgan fingerprint density at radius 1 is 1.46 bits per heavy atom. The maximum Gasteiger partial charge on any atom is 0.176 e. The minimum Gasteiger partial charge on any atom is -0.507 e. The molecule has 9 heteroatoms. The summed E-state index contributed by atoms with van der Waals surface area (Å²) in [7, 11) is 0. The van der Waals surface area contributed by atoms with Crippen molar-refractivity contribution in [3.63, 3.8) is 0 Å². The fraction of sp³-hybridized carbons (Fsp3) is 0.176. The van der Waals surface area contributed by atoms with Gasteiger partial charge in [0.05, 0.1) is 11.5 Å². The van der Waals surface area contributed by atoms with Gasteiger partial charge in [0.15, 0.2) is 22.4 Å². The first-order chi connectivity index (χ1) is 12.4. The third kappa shape index (κ3) is 3.71. The number of aromatic hydroxyl groups is 1. The monoisotopic (exact) mass is 397 g/mol. The van der Waals surface area contributed by atoms with E-state index < -0.39 is 17.9 Å². The molecule has 2 aromatic rings. The lowest BCUT2D eigenvalue weighted by molar-refractivity contribution is 0.182. The standard InChI is InChI=1S/C17H14ClF2N3O2S/c1-8(21)15-11(19)4-5-13(16(15)20)25-7-14-22-17(23-26-14)10-3-2-9(18)6-12(10)24/h2-6,11,15,24H,1,7,21H2. The number of aromatic nitrogens is 2. The van der Waals surface area contributed by atoms with Gasteiger partial charge in [-0.3, -0.25) is 0 Å². The number of hydrogen-bond donors (Lipinski definition) is 2. The molecule has 1 aromatic heterocycles. The molecule has 0 amide bonds. The van der Waals surface area contributed by atoms with E-state index >= 15 is 0 Å². The number of alkyl halides is 1. The van der Waals surface area contributed by atoms with Gasteiger partial charge in [-0.25, -0.2) is 13.8 Å². The van der Waals surface area contributed by atoms with Crippen molar-refractivity contribution in [3.05, 3.63) is 64.2 Å². The first-order valence-corrected chi connectivity index (χ1v) is 8.62. The highest BCUT2D eigenvalue weighted by molar-refractivity contribution is 7.05. The predicted octanol–water partition coefficient (Wildman–Crippen LogP) is 4.26. The van der Waals surface area contributed by atoms with E-state index in [4.69, 9.17) is 22.1 Å². The highest BCUT2D eigenvalue weighted by atomic mass is 35.5. The van der Waals surface area contributed by atoms with E-state index in [1.54, 1.807) is 12.1 Å². The summed E-state index contributed by atoms with van der Waals surface area (Å²) >= 11 is 6.84. The van der Waals surface area contributed by atoms with Crippen LogP contribution in [-0.2, 0) is 11.3 Å². The van der Waals surface area contributed by atoms with Gasteiger partial charge in [-0.2, -0.15) is 4.37 Å².